The molecular formula is C63H47N3. The summed E-state index contributed by atoms with van der Waals surface area (Å²) in [5.41, 5.74) is 19.3. The third-order valence-corrected chi connectivity index (χ3v) is 13.9. The molecule has 1 aliphatic rings. The lowest BCUT2D eigenvalue weighted by Gasteiger charge is -2.45. The molecule has 0 saturated carbocycles. The second kappa shape index (κ2) is 15.7. The predicted molar refractivity (Wildman–Crippen MR) is 280 cm³/mol. The van der Waals surface area contributed by atoms with Crippen molar-refractivity contribution >= 4 is 61.9 Å². The van der Waals surface area contributed by atoms with Crippen molar-refractivity contribution in [3.8, 4) is 33.6 Å². The van der Waals surface area contributed by atoms with Crippen LogP contribution >= 0.6 is 0 Å². The average Bonchev–Trinajstić information content (AvgIpc) is 3.90. The van der Waals surface area contributed by atoms with E-state index in [0.717, 1.165) is 39.5 Å². The summed E-state index contributed by atoms with van der Waals surface area (Å²) in [6.07, 6.45) is 6.46. The second-order valence-corrected chi connectivity index (χ2v) is 17.4. The van der Waals surface area contributed by atoms with Gasteiger partial charge in [0.15, 0.2) is 0 Å². The summed E-state index contributed by atoms with van der Waals surface area (Å²) < 4.78 is 4.85. The number of benzene rings is 9. The van der Waals surface area contributed by atoms with Crippen LogP contribution in [0.2, 0.25) is 0 Å². The average molecular weight is 846 g/mol. The van der Waals surface area contributed by atoms with Gasteiger partial charge >= 0.3 is 0 Å². The minimum Gasteiger partial charge on any atom is -0.309 e. The van der Waals surface area contributed by atoms with Crippen LogP contribution in [0.3, 0.4) is 0 Å². The Morgan fingerprint density at radius 2 is 0.970 bits per heavy atom. The summed E-state index contributed by atoms with van der Waals surface area (Å²) in [4.78, 5) is 2.54. The normalized spacial score (nSPS) is 14.5. The summed E-state index contributed by atoms with van der Waals surface area (Å²) in [5, 5.41) is 3.67. The van der Waals surface area contributed by atoms with Crippen LogP contribution in [0.5, 0.6) is 0 Å². The van der Waals surface area contributed by atoms with Crippen molar-refractivity contribution in [1.82, 2.24) is 9.13 Å². The molecule has 0 radical (unpaired) electrons. The lowest BCUT2D eigenvalue weighted by molar-refractivity contribution is 0.690. The first-order chi connectivity index (χ1) is 32.6. The van der Waals surface area contributed by atoms with E-state index >= 15 is 0 Å². The SMILES string of the molecule is C=Cc1c(/C=C\C)c2c3c(ccc2n1-c1ccc(-c2ccccc2)cc1)C(C)(c1ccccc1)c1c(ccc2c1c1ccccc1n2-c1ccc(-c2ccccc2)cc1)N3c1ccccc1. The molecule has 0 fully saturated rings. The monoisotopic (exact) mass is 845 g/mol. The molecule has 1 unspecified atom stereocenters. The van der Waals surface area contributed by atoms with Crippen LogP contribution in [0.15, 0.2) is 231 Å². The largest absolute Gasteiger partial charge is 0.309 e. The summed E-state index contributed by atoms with van der Waals surface area (Å²) in [6, 6.07) is 79.7. The molecule has 1 atom stereocenters. The first-order valence-corrected chi connectivity index (χ1v) is 22.8. The minimum atomic E-state index is -0.585. The maximum absolute atomic E-state index is 4.46. The fraction of sp³-hybridized carbons (Fsp3) is 0.0476. The summed E-state index contributed by atoms with van der Waals surface area (Å²) in [5.74, 6) is 0. The highest BCUT2D eigenvalue weighted by Gasteiger charge is 2.45. The van der Waals surface area contributed by atoms with Crippen LogP contribution in [0.25, 0.3) is 78.5 Å². The van der Waals surface area contributed by atoms with Crippen molar-refractivity contribution in [1.29, 1.82) is 0 Å². The first-order valence-electron chi connectivity index (χ1n) is 22.8. The van der Waals surface area contributed by atoms with Gasteiger partial charge in [-0.15, -0.1) is 0 Å². The van der Waals surface area contributed by atoms with E-state index in [0.29, 0.717) is 0 Å². The molecule has 9 aromatic carbocycles. The number of hydrogen-bond acceptors (Lipinski definition) is 1. The fourth-order valence-electron chi connectivity index (χ4n) is 10.9. The molecule has 3 nitrogen and oxygen atoms in total. The van der Waals surface area contributed by atoms with Gasteiger partial charge in [-0.05, 0) is 114 Å². The van der Waals surface area contributed by atoms with Gasteiger partial charge in [-0.2, -0.15) is 0 Å². The van der Waals surface area contributed by atoms with E-state index in [9.17, 15) is 0 Å². The van der Waals surface area contributed by atoms with Gasteiger partial charge in [-0.3, -0.25) is 0 Å². The predicted octanol–water partition coefficient (Wildman–Crippen LogP) is 16.9. The number of allylic oxidation sites excluding steroid dienone is 1. The number of hydrogen-bond donors (Lipinski definition) is 0. The van der Waals surface area contributed by atoms with E-state index in [1.54, 1.807) is 0 Å². The molecule has 0 spiro atoms. The molecule has 0 bridgehead atoms. The Hall–Kier alpha value is -8.40. The lowest BCUT2D eigenvalue weighted by Crippen LogP contribution is -2.34. The molecule has 12 rings (SSSR count). The van der Waals surface area contributed by atoms with Gasteiger partial charge in [0.05, 0.1) is 33.6 Å². The highest BCUT2D eigenvalue weighted by molar-refractivity contribution is 6.17. The van der Waals surface area contributed by atoms with Crippen LogP contribution in [0, 0.1) is 0 Å². The van der Waals surface area contributed by atoms with Crippen molar-refractivity contribution < 1.29 is 0 Å². The van der Waals surface area contributed by atoms with E-state index in [1.807, 2.05) is 6.08 Å². The lowest BCUT2D eigenvalue weighted by atomic mass is 9.66. The standard InChI is InChI=1S/C63H47N3/c1-4-20-51-54(5-2)64(49-35-31-45(32-36-49)43-21-10-6-11-22-43)57-40-39-53-62(60(51)57)66(48-27-16-9-17-28-48)58-42-41-56-59(61(58)63(53,3)47-25-14-8-15-26-47)52-29-18-19-30-55(52)65(56)50-37-33-46(34-38-50)44-23-12-7-13-24-44/h4-42H,2H2,1,3H3/b20-4-. The van der Waals surface area contributed by atoms with Crippen molar-refractivity contribution in [2.45, 2.75) is 19.3 Å². The third kappa shape index (κ3) is 5.90. The minimum absolute atomic E-state index is 0.585. The van der Waals surface area contributed by atoms with E-state index in [1.165, 1.54) is 71.8 Å². The maximum atomic E-state index is 4.46. The van der Waals surface area contributed by atoms with Crippen LogP contribution < -0.4 is 4.90 Å². The molecule has 1 aliphatic heterocycles. The molecule has 11 aromatic rings. The molecule has 3 heteroatoms. The summed E-state index contributed by atoms with van der Waals surface area (Å²) >= 11 is 0. The Balaban J connectivity index is 1.18. The van der Waals surface area contributed by atoms with E-state index in [2.05, 4.69) is 265 Å². The van der Waals surface area contributed by atoms with Crippen molar-refractivity contribution in [3.63, 3.8) is 0 Å². The van der Waals surface area contributed by atoms with E-state index in [4.69, 9.17) is 0 Å². The molecular weight excluding hydrogens is 799 g/mol. The van der Waals surface area contributed by atoms with Gasteiger partial charge in [0.2, 0.25) is 0 Å². The molecule has 0 N–H and O–H groups in total. The smallest absolute Gasteiger partial charge is 0.0606 e. The number of nitrogens with zero attached hydrogens (tertiary/aromatic N) is 3. The summed E-state index contributed by atoms with van der Waals surface area (Å²) in [6.45, 7) is 9.03. The second-order valence-electron chi connectivity index (χ2n) is 17.4. The number of rotatable bonds is 8. The van der Waals surface area contributed by atoms with Crippen molar-refractivity contribution in [3.05, 3.63) is 259 Å². The Bertz CT molecular complexity index is 3640. The van der Waals surface area contributed by atoms with Gasteiger partial charge in [-0.25, -0.2) is 0 Å². The molecule has 66 heavy (non-hydrogen) atoms. The molecule has 0 saturated heterocycles. The van der Waals surface area contributed by atoms with E-state index < -0.39 is 5.41 Å². The highest BCUT2D eigenvalue weighted by atomic mass is 15.2. The zero-order valence-electron chi connectivity index (χ0n) is 37.1. The van der Waals surface area contributed by atoms with Gasteiger partial charge in [0, 0.05) is 49.8 Å². The Kier molecular flexibility index (Phi) is 9.32. The zero-order chi connectivity index (χ0) is 44.4. The molecule has 2 aromatic heterocycles. The maximum Gasteiger partial charge on any atom is 0.0606 e. The number of fused-ring (bicyclic) bond motifs is 8. The van der Waals surface area contributed by atoms with Gasteiger partial charge < -0.3 is 14.0 Å². The summed E-state index contributed by atoms with van der Waals surface area (Å²) in [7, 11) is 0. The first kappa shape index (κ1) is 39.2. The van der Waals surface area contributed by atoms with E-state index in [-0.39, 0.29) is 0 Å². The topological polar surface area (TPSA) is 13.1 Å². The quantitative estimate of drug-likeness (QED) is 0.148. The van der Waals surface area contributed by atoms with Gasteiger partial charge in [0.1, 0.15) is 0 Å². The Morgan fingerprint density at radius 1 is 0.455 bits per heavy atom. The molecule has 0 amide bonds. The van der Waals surface area contributed by atoms with Crippen LogP contribution in [0.1, 0.15) is 41.8 Å². The van der Waals surface area contributed by atoms with Gasteiger partial charge in [0.25, 0.3) is 0 Å². The van der Waals surface area contributed by atoms with Crippen LogP contribution in [-0.2, 0) is 5.41 Å². The molecule has 3 heterocycles. The molecule has 0 aliphatic carbocycles. The number of aromatic nitrogens is 2. The fourth-order valence-corrected chi connectivity index (χ4v) is 10.9. The number of para-hydroxylation sites is 2. The Morgan fingerprint density at radius 3 is 1.58 bits per heavy atom. The van der Waals surface area contributed by atoms with Crippen molar-refractivity contribution in [2.75, 3.05) is 4.90 Å². The highest BCUT2D eigenvalue weighted by Crippen LogP contribution is 2.60. The van der Waals surface area contributed by atoms with Crippen LogP contribution in [0.4, 0.5) is 17.1 Å². The molecule has 314 valence electrons. The number of anilines is 3. The van der Waals surface area contributed by atoms with Crippen LogP contribution in [-0.4, -0.2) is 9.13 Å². The third-order valence-electron chi connectivity index (χ3n) is 13.9. The van der Waals surface area contributed by atoms with Crippen molar-refractivity contribution in [2.24, 2.45) is 0 Å². The van der Waals surface area contributed by atoms with Gasteiger partial charge in [-0.1, -0.05) is 176 Å². The Labute approximate surface area is 386 Å². The zero-order valence-corrected chi connectivity index (χ0v) is 37.1.